The maximum atomic E-state index is 13.3. The van der Waals surface area contributed by atoms with Gasteiger partial charge < -0.3 is 4.74 Å². The van der Waals surface area contributed by atoms with Crippen molar-refractivity contribution in [2.24, 2.45) is 0 Å². The molecule has 0 aliphatic heterocycles. The van der Waals surface area contributed by atoms with Gasteiger partial charge in [0, 0.05) is 5.88 Å². The van der Waals surface area contributed by atoms with Crippen LogP contribution in [0.3, 0.4) is 0 Å². The highest BCUT2D eigenvalue weighted by atomic mass is 79.9. The fraction of sp³-hybridized carbons (Fsp3) is 0.133. The van der Waals surface area contributed by atoms with Gasteiger partial charge >= 0.3 is 0 Å². The second-order valence-electron chi connectivity index (χ2n) is 4.24. The molecule has 0 N–H and O–H groups in total. The SMILES string of the molecule is N#Cc1cc(COc2c(Br)cc(CCl)cc2Br)ccc1F. The van der Waals surface area contributed by atoms with Gasteiger partial charge in [-0.15, -0.1) is 11.6 Å². The van der Waals surface area contributed by atoms with Crippen molar-refractivity contribution in [3.05, 3.63) is 61.8 Å². The highest BCUT2D eigenvalue weighted by Gasteiger charge is 2.10. The van der Waals surface area contributed by atoms with Crippen LogP contribution in [0.25, 0.3) is 0 Å². The van der Waals surface area contributed by atoms with Crippen LogP contribution in [-0.4, -0.2) is 0 Å². The molecule has 2 nitrogen and oxygen atoms in total. The van der Waals surface area contributed by atoms with Crippen molar-refractivity contribution in [1.82, 2.24) is 0 Å². The highest BCUT2D eigenvalue weighted by Crippen LogP contribution is 2.35. The van der Waals surface area contributed by atoms with E-state index in [-0.39, 0.29) is 12.2 Å². The van der Waals surface area contributed by atoms with Crippen LogP contribution >= 0.6 is 43.5 Å². The molecule has 0 bridgehead atoms. The molecular weight excluding hydrogens is 424 g/mol. The van der Waals surface area contributed by atoms with Crippen LogP contribution < -0.4 is 4.74 Å². The summed E-state index contributed by atoms with van der Waals surface area (Å²) in [6.07, 6.45) is 0. The summed E-state index contributed by atoms with van der Waals surface area (Å²) in [5, 5.41) is 8.82. The monoisotopic (exact) mass is 431 g/mol. The third kappa shape index (κ3) is 3.97. The average Bonchev–Trinajstić information content (AvgIpc) is 2.47. The van der Waals surface area contributed by atoms with Crippen LogP contribution in [0.15, 0.2) is 39.3 Å². The molecular formula is C15H9Br2ClFNO. The van der Waals surface area contributed by atoms with E-state index >= 15 is 0 Å². The zero-order chi connectivity index (χ0) is 15.4. The summed E-state index contributed by atoms with van der Waals surface area (Å²) in [5.41, 5.74) is 1.68. The standard InChI is InChI=1S/C15H9Br2ClFNO/c16-12-4-10(6-18)5-13(17)15(12)21-8-9-1-2-14(19)11(3-9)7-20/h1-5H,6,8H2. The van der Waals surface area contributed by atoms with Gasteiger partial charge in [0.05, 0.1) is 14.5 Å². The highest BCUT2D eigenvalue weighted by molar-refractivity contribution is 9.11. The van der Waals surface area contributed by atoms with Gasteiger partial charge in [0.2, 0.25) is 0 Å². The lowest BCUT2D eigenvalue weighted by Crippen LogP contribution is -1.99. The second-order valence-corrected chi connectivity index (χ2v) is 6.21. The van der Waals surface area contributed by atoms with Crippen LogP contribution in [0.2, 0.25) is 0 Å². The number of hydrogen-bond donors (Lipinski definition) is 0. The number of ether oxygens (including phenoxy) is 1. The number of rotatable bonds is 4. The van der Waals surface area contributed by atoms with Gasteiger partial charge in [-0.25, -0.2) is 4.39 Å². The summed E-state index contributed by atoms with van der Waals surface area (Å²) >= 11 is 12.6. The second kappa shape index (κ2) is 7.26. The zero-order valence-electron chi connectivity index (χ0n) is 10.7. The Labute approximate surface area is 143 Å². The van der Waals surface area contributed by atoms with Crippen LogP contribution in [0, 0.1) is 17.1 Å². The third-order valence-electron chi connectivity index (χ3n) is 2.75. The average molecular weight is 434 g/mol. The van der Waals surface area contributed by atoms with Gasteiger partial charge in [-0.05, 0) is 67.3 Å². The molecule has 6 heteroatoms. The van der Waals surface area contributed by atoms with E-state index in [4.69, 9.17) is 21.6 Å². The first kappa shape index (κ1) is 16.3. The van der Waals surface area contributed by atoms with Crippen molar-refractivity contribution in [3.8, 4) is 11.8 Å². The normalized spacial score (nSPS) is 10.2. The lowest BCUT2D eigenvalue weighted by molar-refractivity contribution is 0.302. The van der Waals surface area contributed by atoms with Crippen molar-refractivity contribution >= 4 is 43.5 Å². The molecule has 0 fully saturated rings. The van der Waals surface area contributed by atoms with E-state index in [2.05, 4.69) is 31.9 Å². The molecule has 2 aromatic carbocycles. The van der Waals surface area contributed by atoms with Crippen LogP contribution in [0.5, 0.6) is 5.75 Å². The Bertz CT molecular complexity index is 692. The predicted molar refractivity (Wildman–Crippen MR) is 86.8 cm³/mol. The molecule has 21 heavy (non-hydrogen) atoms. The van der Waals surface area contributed by atoms with Crippen molar-refractivity contribution in [2.45, 2.75) is 12.5 Å². The molecule has 0 spiro atoms. The van der Waals surface area contributed by atoms with E-state index in [0.717, 1.165) is 14.5 Å². The summed E-state index contributed by atoms with van der Waals surface area (Å²) in [7, 11) is 0. The van der Waals surface area contributed by atoms with Crippen LogP contribution in [-0.2, 0) is 12.5 Å². The largest absolute Gasteiger partial charge is 0.487 e. The Balaban J connectivity index is 2.19. The van der Waals surface area contributed by atoms with Crippen molar-refractivity contribution in [1.29, 1.82) is 5.26 Å². The van der Waals surface area contributed by atoms with Gasteiger partial charge in [0.1, 0.15) is 24.2 Å². The predicted octanol–water partition coefficient (Wildman–Crippen LogP) is 5.54. The molecule has 0 aromatic heterocycles. The topological polar surface area (TPSA) is 33.0 Å². The smallest absolute Gasteiger partial charge is 0.148 e. The minimum atomic E-state index is -0.532. The minimum absolute atomic E-state index is 0.00622. The molecule has 0 radical (unpaired) electrons. The summed E-state index contributed by atoms with van der Waals surface area (Å²) in [6, 6.07) is 9.88. The molecule has 0 amide bonds. The van der Waals surface area contributed by atoms with Gasteiger partial charge in [0.15, 0.2) is 0 Å². The number of nitrogens with zero attached hydrogens (tertiary/aromatic N) is 1. The maximum Gasteiger partial charge on any atom is 0.148 e. The Morgan fingerprint density at radius 3 is 2.38 bits per heavy atom. The number of nitriles is 1. The van der Waals surface area contributed by atoms with E-state index < -0.39 is 5.82 Å². The quantitative estimate of drug-likeness (QED) is 0.593. The van der Waals surface area contributed by atoms with Gasteiger partial charge in [-0.3, -0.25) is 0 Å². The molecule has 2 rings (SSSR count). The van der Waals surface area contributed by atoms with Gasteiger partial charge in [-0.2, -0.15) is 5.26 Å². The molecule has 0 unspecified atom stereocenters. The molecule has 0 saturated carbocycles. The molecule has 0 aliphatic carbocycles. The van der Waals surface area contributed by atoms with Crippen LogP contribution in [0.1, 0.15) is 16.7 Å². The van der Waals surface area contributed by atoms with E-state index in [1.54, 1.807) is 6.07 Å². The minimum Gasteiger partial charge on any atom is -0.487 e. The molecule has 0 saturated heterocycles. The lowest BCUT2D eigenvalue weighted by Gasteiger charge is -2.12. The van der Waals surface area contributed by atoms with E-state index in [1.165, 1.54) is 12.1 Å². The number of halogens is 4. The van der Waals surface area contributed by atoms with Gasteiger partial charge in [0.25, 0.3) is 0 Å². The zero-order valence-corrected chi connectivity index (χ0v) is 14.6. The molecule has 0 aliphatic rings. The van der Waals surface area contributed by atoms with Gasteiger partial charge in [-0.1, -0.05) is 6.07 Å². The van der Waals surface area contributed by atoms with E-state index in [9.17, 15) is 4.39 Å². The summed E-state index contributed by atoms with van der Waals surface area (Å²) < 4.78 is 20.5. The summed E-state index contributed by atoms with van der Waals surface area (Å²) in [6.45, 7) is 0.229. The van der Waals surface area contributed by atoms with E-state index in [1.807, 2.05) is 18.2 Å². The molecule has 0 heterocycles. The first-order chi connectivity index (χ1) is 10.0. The maximum absolute atomic E-state index is 13.3. The fourth-order valence-electron chi connectivity index (χ4n) is 1.73. The summed E-state index contributed by atoms with van der Waals surface area (Å²) in [4.78, 5) is 0. The number of benzene rings is 2. The first-order valence-electron chi connectivity index (χ1n) is 5.90. The Hall–Kier alpha value is -1.09. The number of hydrogen-bond acceptors (Lipinski definition) is 2. The molecule has 2 aromatic rings. The lowest BCUT2D eigenvalue weighted by atomic mass is 10.1. The Morgan fingerprint density at radius 1 is 1.14 bits per heavy atom. The van der Waals surface area contributed by atoms with Crippen molar-refractivity contribution in [2.75, 3.05) is 0 Å². The van der Waals surface area contributed by atoms with Crippen molar-refractivity contribution < 1.29 is 9.13 Å². The van der Waals surface area contributed by atoms with Crippen molar-refractivity contribution in [3.63, 3.8) is 0 Å². The fourth-order valence-corrected chi connectivity index (χ4v) is 3.40. The van der Waals surface area contributed by atoms with E-state index in [0.29, 0.717) is 17.2 Å². The number of alkyl halides is 1. The van der Waals surface area contributed by atoms with Crippen LogP contribution in [0.4, 0.5) is 4.39 Å². The first-order valence-corrected chi connectivity index (χ1v) is 8.02. The third-order valence-corrected chi connectivity index (χ3v) is 4.23. The molecule has 108 valence electrons. The Morgan fingerprint density at radius 2 is 1.81 bits per heavy atom. The Kier molecular flexibility index (Phi) is 5.63. The summed E-state index contributed by atoms with van der Waals surface area (Å²) in [5.74, 6) is 0.503. The molecule has 0 atom stereocenters.